The summed E-state index contributed by atoms with van der Waals surface area (Å²) in [6.07, 6.45) is 0.688. The lowest BCUT2D eigenvalue weighted by molar-refractivity contribution is 0.598. The second-order valence-electron chi connectivity index (χ2n) is 5.76. The van der Waals surface area contributed by atoms with Gasteiger partial charge in [0.2, 0.25) is 10.0 Å². The van der Waals surface area contributed by atoms with E-state index in [-0.39, 0.29) is 4.90 Å². The van der Waals surface area contributed by atoms with Crippen LogP contribution in [0.5, 0.6) is 0 Å². The maximum Gasteiger partial charge on any atom is 0.238 e. The standard InChI is InChI=1S/C17H20ClN3O2S2/c1-11-9-12(2)16(15(18)10-11)21-17(24)20-8-7-13-3-5-14(6-4-13)25(19,22)23/h3-6,9-10H,7-8H2,1-2H3,(H2,19,22,23)(H2,20,21,24). The number of aryl methyl sites for hydroxylation is 2. The Morgan fingerprint density at radius 3 is 2.40 bits per heavy atom. The molecule has 0 aliphatic rings. The minimum Gasteiger partial charge on any atom is -0.362 e. The quantitative estimate of drug-likeness (QED) is 0.675. The van der Waals surface area contributed by atoms with Gasteiger partial charge in [-0.2, -0.15) is 0 Å². The molecule has 134 valence electrons. The third-order valence-corrected chi connectivity index (χ3v) is 5.10. The molecule has 5 nitrogen and oxygen atoms in total. The number of anilines is 1. The maximum atomic E-state index is 11.2. The van der Waals surface area contributed by atoms with Crippen molar-refractivity contribution in [1.29, 1.82) is 0 Å². The summed E-state index contributed by atoms with van der Waals surface area (Å²) in [6.45, 7) is 4.56. The predicted molar refractivity (Wildman–Crippen MR) is 107 cm³/mol. The van der Waals surface area contributed by atoms with Gasteiger partial charge < -0.3 is 10.6 Å². The fourth-order valence-corrected chi connectivity index (χ4v) is 3.49. The third kappa shape index (κ3) is 5.67. The van der Waals surface area contributed by atoms with E-state index < -0.39 is 10.0 Å². The monoisotopic (exact) mass is 397 g/mol. The molecule has 0 heterocycles. The van der Waals surface area contributed by atoms with Gasteiger partial charge in [0.1, 0.15) is 0 Å². The summed E-state index contributed by atoms with van der Waals surface area (Å²) < 4.78 is 22.5. The summed E-state index contributed by atoms with van der Waals surface area (Å²) in [5.41, 5.74) is 3.89. The van der Waals surface area contributed by atoms with Crippen LogP contribution in [-0.2, 0) is 16.4 Å². The van der Waals surface area contributed by atoms with E-state index >= 15 is 0 Å². The van der Waals surface area contributed by atoms with E-state index in [4.69, 9.17) is 29.0 Å². The molecule has 0 radical (unpaired) electrons. The first-order valence-corrected chi connectivity index (χ1v) is 9.93. The number of rotatable bonds is 5. The molecule has 0 unspecified atom stereocenters. The largest absolute Gasteiger partial charge is 0.362 e. The molecule has 0 saturated carbocycles. The molecule has 0 aromatic heterocycles. The van der Waals surface area contributed by atoms with Crippen LogP contribution in [0.1, 0.15) is 16.7 Å². The molecule has 0 aliphatic carbocycles. The van der Waals surface area contributed by atoms with Crippen molar-refractivity contribution in [3.63, 3.8) is 0 Å². The van der Waals surface area contributed by atoms with E-state index in [0.717, 1.165) is 22.4 Å². The predicted octanol–water partition coefficient (Wildman–Crippen LogP) is 3.13. The number of nitrogens with two attached hydrogens (primary N) is 1. The maximum absolute atomic E-state index is 11.2. The number of nitrogens with one attached hydrogen (secondary N) is 2. The Labute approximate surface area is 158 Å². The second kappa shape index (κ2) is 8.14. The van der Waals surface area contributed by atoms with Crippen LogP contribution in [-0.4, -0.2) is 20.1 Å². The lowest BCUT2D eigenvalue weighted by atomic mass is 10.1. The number of sulfonamides is 1. The highest BCUT2D eigenvalue weighted by atomic mass is 35.5. The minimum atomic E-state index is -3.66. The van der Waals surface area contributed by atoms with E-state index in [1.807, 2.05) is 26.0 Å². The first-order chi connectivity index (χ1) is 11.7. The van der Waals surface area contributed by atoms with Gasteiger partial charge in [-0.15, -0.1) is 0 Å². The van der Waals surface area contributed by atoms with Crippen molar-refractivity contribution in [2.45, 2.75) is 25.2 Å². The Kier molecular flexibility index (Phi) is 6.40. The smallest absolute Gasteiger partial charge is 0.238 e. The zero-order chi connectivity index (χ0) is 18.6. The van der Waals surface area contributed by atoms with Crippen LogP contribution in [0.3, 0.4) is 0 Å². The van der Waals surface area contributed by atoms with Crippen LogP contribution in [0.4, 0.5) is 5.69 Å². The lowest BCUT2D eigenvalue weighted by Gasteiger charge is -2.14. The Balaban J connectivity index is 1.89. The second-order valence-corrected chi connectivity index (χ2v) is 8.14. The van der Waals surface area contributed by atoms with Crippen LogP contribution < -0.4 is 15.8 Å². The number of hydrogen-bond donors (Lipinski definition) is 3. The van der Waals surface area contributed by atoms with Gasteiger partial charge in [0.05, 0.1) is 15.6 Å². The fourth-order valence-electron chi connectivity index (χ4n) is 2.40. The van der Waals surface area contributed by atoms with Crippen molar-refractivity contribution < 1.29 is 8.42 Å². The van der Waals surface area contributed by atoms with Gasteiger partial charge in [-0.3, -0.25) is 0 Å². The van der Waals surface area contributed by atoms with Crippen LogP contribution in [0.25, 0.3) is 0 Å². The average Bonchev–Trinajstić information content (AvgIpc) is 2.50. The SMILES string of the molecule is Cc1cc(C)c(NC(=S)NCCc2ccc(S(N)(=O)=O)cc2)c(Cl)c1. The van der Waals surface area contributed by atoms with Crippen molar-refractivity contribution in [3.8, 4) is 0 Å². The van der Waals surface area contributed by atoms with E-state index in [9.17, 15) is 8.42 Å². The molecule has 4 N–H and O–H groups in total. The van der Waals surface area contributed by atoms with E-state index in [1.165, 1.54) is 12.1 Å². The summed E-state index contributed by atoms with van der Waals surface area (Å²) >= 11 is 11.5. The number of primary sulfonamides is 1. The normalized spacial score (nSPS) is 11.2. The van der Waals surface area contributed by atoms with E-state index in [1.54, 1.807) is 12.1 Å². The first-order valence-electron chi connectivity index (χ1n) is 7.60. The molecule has 2 rings (SSSR count). The van der Waals surface area contributed by atoms with Crippen LogP contribution >= 0.6 is 23.8 Å². The van der Waals surface area contributed by atoms with E-state index in [2.05, 4.69) is 10.6 Å². The molecular weight excluding hydrogens is 378 g/mol. The number of halogens is 1. The Morgan fingerprint density at radius 2 is 1.84 bits per heavy atom. The third-order valence-electron chi connectivity index (χ3n) is 3.62. The van der Waals surface area contributed by atoms with Gasteiger partial charge >= 0.3 is 0 Å². The van der Waals surface area contributed by atoms with Gasteiger partial charge in [0.15, 0.2) is 5.11 Å². The minimum absolute atomic E-state index is 0.103. The molecule has 0 fully saturated rings. The van der Waals surface area contributed by atoms with Crippen molar-refractivity contribution in [2.75, 3.05) is 11.9 Å². The number of benzene rings is 2. The van der Waals surface area contributed by atoms with Crippen molar-refractivity contribution in [1.82, 2.24) is 5.32 Å². The molecule has 0 saturated heterocycles. The number of hydrogen-bond acceptors (Lipinski definition) is 3. The molecule has 25 heavy (non-hydrogen) atoms. The van der Waals surface area contributed by atoms with Gasteiger partial charge in [-0.25, -0.2) is 13.6 Å². The van der Waals surface area contributed by atoms with Crippen LogP contribution in [0.2, 0.25) is 5.02 Å². The molecule has 2 aromatic carbocycles. The van der Waals surface area contributed by atoms with Crippen molar-refractivity contribution in [3.05, 3.63) is 58.1 Å². The summed E-state index contributed by atoms with van der Waals surface area (Å²) in [6, 6.07) is 10.4. The topological polar surface area (TPSA) is 84.2 Å². The summed E-state index contributed by atoms with van der Waals surface area (Å²) in [4.78, 5) is 0.103. The molecule has 0 amide bonds. The van der Waals surface area contributed by atoms with Gasteiger partial charge in [-0.1, -0.05) is 29.8 Å². The highest BCUT2D eigenvalue weighted by Crippen LogP contribution is 2.27. The molecule has 0 bridgehead atoms. The zero-order valence-electron chi connectivity index (χ0n) is 14.0. The lowest BCUT2D eigenvalue weighted by Crippen LogP contribution is -2.30. The van der Waals surface area contributed by atoms with Gasteiger partial charge in [-0.05, 0) is 67.4 Å². The van der Waals surface area contributed by atoms with Crippen molar-refractivity contribution in [2.24, 2.45) is 5.14 Å². The Bertz CT molecular complexity index is 858. The molecular formula is C17H20ClN3O2S2. The molecule has 0 aliphatic heterocycles. The average molecular weight is 398 g/mol. The molecule has 8 heteroatoms. The van der Waals surface area contributed by atoms with Crippen molar-refractivity contribution >= 4 is 44.6 Å². The number of thiocarbonyl (C=S) groups is 1. The zero-order valence-corrected chi connectivity index (χ0v) is 16.4. The molecule has 2 aromatic rings. The van der Waals surface area contributed by atoms with Gasteiger partial charge in [0.25, 0.3) is 0 Å². The van der Waals surface area contributed by atoms with Crippen LogP contribution in [0.15, 0.2) is 41.3 Å². The van der Waals surface area contributed by atoms with Crippen LogP contribution in [0, 0.1) is 13.8 Å². The Morgan fingerprint density at radius 1 is 1.20 bits per heavy atom. The Hall–Kier alpha value is -1.67. The molecule has 0 atom stereocenters. The van der Waals surface area contributed by atoms with E-state index in [0.29, 0.717) is 23.1 Å². The summed E-state index contributed by atoms with van der Waals surface area (Å²) in [7, 11) is -3.66. The molecule has 0 spiro atoms. The fraction of sp³-hybridized carbons (Fsp3) is 0.235. The first kappa shape index (κ1) is 19.7. The summed E-state index contributed by atoms with van der Waals surface area (Å²) in [5.74, 6) is 0. The summed E-state index contributed by atoms with van der Waals surface area (Å²) in [5, 5.41) is 12.4. The highest BCUT2D eigenvalue weighted by Gasteiger charge is 2.08. The van der Waals surface area contributed by atoms with Gasteiger partial charge in [0, 0.05) is 6.54 Å². The highest BCUT2D eigenvalue weighted by molar-refractivity contribution is 7.89.